The van der Waals surface area contributed by atoms with Gasteiger partial charge < -0.3 is 16.8 Å². The van der Waals surface area contributed by atoms with E-state index in [0.29, 0.717) is 18.7 Å². The van der Waals surface area contributed by atoms with E-state index in [1.807, 2.05) is 6.92 Å². The number of rotatable bonds is 5. The van der Waals surface area contributed by atoms with Gasteiger partial charge in [0.05, 0.1) is 10.6 Å². The van der Waals surface area contributed by atoms with Gasteiger partial charge in [0, 0.05) is 12.1 Å². The molecule has 1 unspecified atom stereocenters. The van der Waals surface area contributed by atoms with Crippen molar-refractivity contribution in [3.63, 3.8) is 0 Å². The van der Waals surface area contributed by atoms with Gasteiger partial charge in [0.2, 0.25) is 11.8 Å². The third-order valence-electron chi connectivity index (χ3n) is 2.45. The Morgan fingerprint density at radius 3 is 2.61 bits per heavy atom. The van der Waals surface area contributed by atoms with Crippen molar-refractivity contribution in [2.45, 2.75) is 13.3 Å². The molecule has 18 heavy (non-hydrogen) atoms. The van der Waals surface area contributed by atoms with Gasteiger partial charge in [-0.05, 0) is 30.7 Å². The highest BCUT2D eigenvalue weighted by Gasteiger charge is 2.10. The molecule has 0 aromatic heterocycles. The Morgan fingerprint density at radius 1 is 1.44 bits per heavy atom. The predicted octanol–water partition coefficient (Wildman–Crippen LogP) is 1.36. The Morgan fingerprint density at radius 2 is 2.11 bits per heavy atom. The number of halogens is 1. The molecule has 0 saturated heterocycles. The highest BCUT2D eigenvalue weighted by molar-refractivity contribution is 6.34. The van der Waals surface area contributed by atoms with Gasteiger partial charge in [0.25, 0.3) is 0 Å². The van der Waals surface area contributed by atoms with E-state index in [9.17, 15) is 9.59 Å². The van der Waals surface area contributed by atoms with Crippen molar-refractivity contribution in [3.05, 3.63) is 28.8 Å². The lowest BCUT2D eigenvalue weighted by Crippen LogP contribution is -2.20. The Bertz CT molecular complexity index is 463. The summed E-state index contributed by atoms with van der Waals surface area (Å²) < 4.78 is 0. The molecular weight excluding hydrogens is 254 g/mol. The molecule has 1 aromatic rings. The first-order valence-electron chi connectivity index (χ1n) is 5.53. The molecular formula is C12H16ClN3O2. The minimum absolute atomic E-state index is 0.116. The van der Waals surface area contributed by atoms with E-state index in [1.54, 1.807) is 6.07 Å². The Kier molecular flexibility index (Phi) is 5.12. The van der Waals surface area contributed by atoms with Crippen LogP contribution in [0.2, 0.25) is 5.02 Å². The van der Waals surface area contributed by atoms with Crippen molar-refractivity contribution < 1.29 is 9.59 Å². The van der Waals surface area contributed by atoms with Crippen LogP contribution in [-0.2, 0) is 4.79 Å². The van der Waals surface area contributed by atoms with Crippen LogP contribution in [0, 0.1) is 5.92 Å². The summed E-state index contributed by atoms with van der Waals surface area (Å²) in [5.41, 5.74) is 11.3. The molecule has 0 aliphatic carbocycles. The number of carbonyl (C=O) groups excluding carboxylic acids is 2. The summed E-state index contributed by atoms with van der Waals surface area (Å²) in [5, 5.41) is 2.90. The van der Waals surface area contributed by atoms with Crippen LogP contribution >= 0.6 is 11.6 Å². The number of benzene rings is 1. The molecule has 2 amide bonds. The number of amides is 2. The minimum atomic E-state index is -0.602. The van der Waals surface area contributed by atoms with E-state index in [1.165, 1.54) is 12.1 Å². The number of primary amides is 1. The molecule has 0 radical (unpaired) electrons. The van der Waals surface area contributed by atoms with Crippen LogP contribution in [0.3, 0.4) is 0 Å². The van der Waals surface area contributed by atoms with E-state index in [0.717, 1.165) is 0 Å². The lowest BCUT2D eigenvalue weighted by atomic mass is 10.1. The van der Waals surface area contributed by atoms with Gasteiger partial charge in [-0.15, -0.1) is 0 Å². The largest absolute Gasteiger partial charge is 0.366 e. The summed E-state index contributed by atoms with van der Waals surface area (Å²) in [4.78, 5) is 22.6. The first kappa shape index (κ1) is 14.5. The molecule has 6 heteroatoms. The highest BCUT2D eigenvalue weighted by atomic mass is 35.5. The fourth-order valence-corrected chi connectivity index (χ4v) is 1.68. The van der Waals surface area contributed by atoms with E-state index >= 15 is 0 Å². The molecule has 0 saturated carbocycles. The monoisotopic (exact) mass is 269 g/mol. The molecule has 1 rings (SSSR count). The molecule has 0 fully saturated rings. The normalized spacial score (nSPS) is 11.9. The Hall–Kier alpha value is -1.59. The fraction of sp³-hybridized carbons (Fsp3) is 0.333. The average Bonchev–Trinajstić information content (AvgIpc) is 2.28. The summed E-state index contributed by atoms with van der Waals surface area (Å²) in [6, 6.07) is 4.55. The zero-order chi connectivity index (χ0) is 13.7. The zero-order valence-electron chi connectivity index (χ0n) is 10.1. The number of anilines is 1. The van der Waals surface area contributed by atoms with Gasteiger partial charge in [-0.1, -0.05) is 18.5 Å². The molecule has 0 spiro atoms. The van der Waals surface area contributed by atoms with Crippen molar-refractivity contribution >= 4 is 29.1 Å². The summed E-state index contributed by atoms with van der Waals surface area (Å²) in [6.45, 7) is 2.34. The smallest absolute Gasteiger partial charge is 0.250 e. The van der Waals surface area contributed by atoms with Crippen LogP contribution in [0.25, 0.3) is 0 Å². The molecule has 1 atom stereocenters. The average molecular weight is 270 g/mol. The molecule has 1 aromatic carbocycles. The highest BCUT2D eigenvalue weighted by Crippen LogP contribution is 2.20. The second-order valence-electron chi connectivity index (χ2n) is 4.15. The standard InChI is InChI=1S/C12H16ClN3O2/c1-7(6-14)4-11(17)16-8-2-3-9(12(15)18)10(13)5-8/h2-3,5,7H,4,6,14H2,1H3,(H2,15,18)(H,16,17). The van der Waals surface area contributed by atoms with Crippen molar-refractivity contribution in [1.82, 2.24) is 0 Å². The van der Waals surface area contributed by atoms with Crippen LogP contribution in [0.1, 0.15) is 23.7 Å². The van der Waals surface area contributed by atoms with Gasteiger partial charge >= 0.3 is 0 Å². The van der Waals surface area contributed by atoms with Gasteiger partial charge in [-0.2, -0.15) is 0 Å². The Labute approximate surface area is 110 Å². The molecule has 5 nitrogen and oxygen atoms in total. The zero-order valence-corrected chi connectivity index (χ0v) is 10.8. The third kappa shape index (κ3) is 4.01. The molecule has 0 bridgehead atoms. The number of nitrogens with two attached hydrogens (primary N) is 2. The van der Waals surface area contributed by atoms with Crippen LogP contribution < -0.4 is 16.8 Å². The van der Waals surface area contributed by atoms with Crippen LogP contribution in [0.5, 0.6) is 0 Å². The number of carbonyl (C=O) groups is 2. The number of hydrogen-bond acceptors (Lipinski definition) is 3. The topological polar surface area (TPSA) is 98.2 Å². The second-order valence-corrected chi connectivity index (χ2v) is 4.56. The van der Waals surface area contributed by atoms with Crippen molar-refractivity contribution in [3.8, 4) is 0 Å². The quantitative estimate of drug-likeness (QED) is 0.753. The minimum Gasteiger partial charge on any atom is -0.366 e. The van der Waals surface area contributed by atoms with E-state index < -0.39 is 5.91 Å². The van der Waals surface area contributed by atoms with Crippen molar-refractivity contribution in [1.29, 1.82) is 0 Å². The summed E-state index contributed by atoms with van der Waals surface area (Å²) in [5.74, 6) is -0.629. The lowest BCUT2D eigenvalue weighted by Gasteiger charge is -2.10. The molecule has 0 aliphatic rings. The molecule has 0 aliphatic heterocycles. The maximum absolute atomic E-state index is 11.6. The maximum Gasteiger partial charge on any atom is 0.250 e. The van der Waals surface area contributed by atoms with Gasteiger partial charge in [0.1, 0.15) is 0 Å². The van der Waals surface area contributed by atoms with E-state index in [2.05, 4.69) is 5.32 Å². The summed E-state index contributed by atoms with van der Waals surface area (Å²) in [7, 11) is 0. The number of hydrogen-bond donors (Lipinski definition) is 3. The van der Waals surface area contributed by atoms with Crippen LogP contribution in [-0.4, -0.2) is 18.4 Å². The van der Waals surface area contributed by atoms with E-state index in [4.69, 9.17) is 23.1 Å². The maximum atomic E-state index is 11.6. The SMILES string of the molecule is CC(CN)CC(=O)Nc1ccc(C(N)=O)c(Cl)c1. The summed E-state index contributed by atoms with van der Waals surface area (Å²) >= 11 is 5.87. The van der Waals surface area contributed by atoms with E-state index in [-0.39, 0.29) is 22.4 Å². The van der Waals surface area contributed by atoms with Crippen molar-refractivity contribution in [2.75, 3.05) is 11.9 Å². The van der Waals surface area contributed by atoms with Gasteiger partial charge in [0.15, 0.2) is 0 Å². The Balaban J connectivity index is 2.72. The first-order valence-corrected chi connectivity index (χ1v) is 5.91. The molecule has 98 valence electrons. The van der Waals surface area contributed by atoms with Crippen LogP contribution in [0.4, 0.5) is 5.69 Å². The lowest BCUT2D eigenvalue weighted by molar-refractivity contribution is -0.116. The number of nitrogens with one attached hydrogen (secondary N) is 1. The second kappa shape index (κ2) is 6.37. The van der Waals surface area contributed by atoms with Gasteiger partial charge in [-0.3, -0.25) is 9.59 Å². The predicted molar refractivity (Wildman–Crippen MR) is 71.4 cm³/mol. The summed E-state index contributed by atoms with van der Waals surface area (Å²) in [6.07, 6.45) is 0.339. The fourth-order valence-electron chi connectivity index (χ4n) is 1.40. The first-order chi connectivity index (χ1) is 8.43. The van der Waals surface area contributed by atoms with Crippen LogP contribution in [0.15, 0.2) is 18.2 Å². The molecule has 0 heterocycles. The van der Waals surface area contributed by atoms with Crippen molar-refractivity contribution in [2.24, 2.45) is 17.4 Å². The third-order valence-corrected chi connectivity index (χ3v) is 2.77. The van der Waals surface area contributed by atoms with Gasteiger partial charge in [-0.25, -0.2) is 0 Å². The molecule has 5 N–H and O–H groups in total.